The maximum absolute atomic E-state index is 12.0. The molecule has 0 spiro atoms. The number of hydrazine groups is 1. The Bertz CT molecular complexity index is 528. The lowest BCUT2D eigenvalue weighted by Crippen LogP contribution is -2.53. The number of hydrogen-bond acceptors (Lipinski definition) is 5. The molecule has 0 bridgehead atoms. The number of hydrogen-bond donors (Lipinski definition) is 3. The van der Waals surface area contributed by atoms with Crippen LogP contribution in [0.5, 0.6) is 11.5 Å². The van der Waals surface area contributed by atoms with Crippen LogP contribution < -0.4 is 25.6 Å². The summed E-state index contributed by atoms with van der Waals surface area (Å²) in [5, 5.41) is 3.39. The summed E-state index contributed by atoms with van der Waals surface area (Å²) in [4.78, 5) is 12.0. The molecule has 8 heteroatoms. The molecule has 0 saturated carbocycles. The van der Waals surface area contributed by atoms with E-state index in [1.807, 2.05) is 12.1 Å². The zero-order valence-corrected chi connectivity index (χ0v) is 13.9. The van der Waals surface area contributed by atoms with E-state index in [4.69, 9.17) is 21.7 Å². The molecular weight excluding hydrogens is 322 g/mol. The summed E-state index contributed by atoms with van der Waals surface area (Å²) in [5.41, 5.74) is 5.18. The summed E-state index contributed by atoms with van der Waals surface area (Å²) in [6.07, 6.45) is 2.36. The van der Waals surface area contributed by atoms with Gasteiger partial charge in [-0.3, -0.25) is 15.6 Å². The second kappa shape index (κ2) is 8.70. The SMILES string of the molecule is CSCCCNC(=S)NNC(=O)[C@H]1COc2ccccc2O1. The Labute approximate surface area is 139 Å². The van der Waals surface area contributed by atoms with Gasteiger partial charge in [0.15, 0.2) is 16.6 Å². The smallest absolute Gasteiger partial charge is 0.283 e. The van der Waals surface area contributed by atoms with Gasteiger partial charge in [0, 0.05) is 6.54 Å². The van der Waals surface area contributed by atoms with Crippen LogP contribution in [-0.2, 0) is 4.79 Å². The van der Waals surface area contributed by atoms with Crippen molar-refractivity contribution in [2.75, 3.05) is 25.2 Å². The van der Waals surface area contributed by atoms with Gasteiger partial charge in [0.1, 0.15) is 6.61 Å². The third kappa shape index (κ3) is 4.96. The summed E-state index contributed by atoms with van der Waals surface area (Å²) in [7, 11) is 0. The number of carbonyl (C=O) groups is 1. The Balaban J connectivity index is 1.71. The minimum Gasteiger partial charge on any atom is -0.485 e. The molecule has 0 aromatic heterocycles. The Morgan fingerprint density at radius 2 is 2.14 bits per heavy atom. The molecule has 22 heavy (non-hydrogen) atoms. The fourth-order valence-electron chi connectivity index (χ4n) is 1.81. The molecule has 1 aromatic rings. The number of thioether (sulfide) groups is 1. The average Bonchev–Trinajstić information content (AvgIpc) is 2.56. The van der Waals surface area contributed by atoms with E-state index in [1.165, 1.54) is 0 Å². The number of amides is 1. The molecule has 2 rings (SSSR count). The number of thiocarbonyl (C=S) groups is 1. The standard InChI is InChI=1S/C14H19N3O3S2/c1-22-8-4-7-15-14(21)17-16-13(18)12-9-19-10-5-2-3-6-11(10)20-12/h2-3,5-6,12H,4,7-9H2,1H3,(H,16,18)(H2,15,17,21)/t12-/m1/s1. The number of carbonyl (C=O) groups excluding carboxylic acids is 1. The summed E-state index contributed by atoms with van der Waals surface area (Å²) in [5.74, 6) is 1.94. The number of rotatable bonds is 5. The normalized spacial score (nSPS) is 15.8. The number of benzene rings is 1. The van der Waals surface area contributed by atoms with Crippen LogP contribution in [0, 0.1) is 0 Å². The van der Waals surface area contributed by atoms with Crippen molar-refractivity contribution in [1.29, 1.82) is 0 Å². The molecule has 120 valence electrons. The van der Waals surface area contributed by atoms with Crippen molar-refractivity contribution >= 4 is 35.0 Å². The average molecular weight is 341 g/mol. The van der Waals surface area contributed by atoms with Crippen molar-refractivity contribution in [3.8, 4) is 11.5 Å². The van der Waals surface area contributed by atoms with E-state index in [2.05, 4.69) is 22.4 Å². The first-order chi connectivity index (χ1) is 10.7. The van der Waals surface area contributed by atoms with E-state index in [0.29, 0.717) is 16.6 Å². The molecule has 1 atom stereocenters. The fourth-order valence-corrected chi connectivity index (χ4v) is 2.40. The van der Waals surface area contributed by atoms with Crippen LogP contribution in [0.3, 0.4) is 0 Å². The lowest BCUT2D eigenvalue weighted by Gasteiger charge is -2.25. The van der Waals surface area contributed by atoms with Gasteiger partial charge in [-0.05, 0) is 42.8 Å². The Morgan fingerprint density at radius 3 is 2.91 bits per heavy atom. The van der Waals surface area contributed by atoms with Crippen LogP contribution in [0.4, 0.5) is 0 Å². The van der Waals surface area contributed by atoms with Gasteiger partial charge in [-0.1, -0.05) is 12.1 Å². The zero-order valence-electron chi connectivity index (χ0n) is 12.3. The fraction of sp³-hybridized carbons (Fsp3) is 0.429. The van der Waals surface area contributed by atoms with Crippen molar-refractivity contribution < 1.29 is 14.3 Å². The topological polar surface area (TPSA) is 71.6 Å². The quantitative estimate of drug-likeness (QED) is 0.420. The lowest BCUT2D eigenvalue weighted by atomic mass is 10.2. The first-order valence-electron chi connectivity index (χ1n) is 6.92. The molecule has 1 aliphatic rings. The van der Waals surface area contributed by atoms with Gasteiger partial charge in [0.05, 0.1) is 0 Å². The van der Waals surface area contributed by atoms with Crippen LogP contribution in [0.25, 0.3) is 0 Å². The molecule has 0 fully saturated rings. The highest BCUT2D eigenvalue weighted by atomic mass is 32.2. The molecule has 3 N–H and O–H groups in total. The summed E-state index contributed by atoms with van der Waals surface area (Å²) < 4.78 is 11.1. The van der Waals surface area contributed by atoms with Gasteiger partial charge in [-0.15, -0.1) is 0 Å². The van der Waals surface area contributed by atoms with Crippen LogP contribution in [0.1, 0.15) is 6.42 Å². The molecule has 0 saturated heterocycles. The van der Waals surface area contributed by atoms with Crippen LogP contribution in [0.15, 0.2) is 24.3 Å². The predicted octanol–water partition coefficient (Wildman–Crippen LogP) is 1.07. The lowest BCUT2D eigenvalue weighted by molar-refractivity contribution is -0.130. The first-order valence-corrected chi connectivity index (χ1v) is 8.72. The van der Waals surface area contributed by atoms with E-state index in [1.54, 1.807) is 23.9 Å². The van der Waals surface area contributed by atoms with Crippen molar-refractivity contribution in [3.05, 3.63) is 24.3 Å². The van der Waals surface area contributed by atoms with Gasteiger partial charge < -0.3 is 14.8 Å². The van der Waals surface area contributed by atoms with E-state index in [0.717, 1.165) is 18.7 Å². The van der Waals surface area contributed by atoms with Crippen LogP contribution in [-0.4, -0.2) is 42.3 Å². The van der Waals surface area contributed by atoms with Gasteiger partial charge in [-0.2, -0.15) is 11.8 Å². The van der Waals surface area contributed by atoms with Crippen molar-refractivity contribution in [1.82, 2.24) is 16.2 Å². The second-order valence-electron chi connectivity index (χ2n) is 4.58. The summed E-state index contributed by atoms with van der Waals surface area (Å²) in [6.45, 7) is 0.928. The number of ether oxygens (including phenoxy) is 2. The zero-order chi connectivity index (χ0) is 15.8. The maximum Gasteiger partial charge on any atom is 0.283 e. The Morgan fingerprint density at radius 1 is 1.36 bits per heavy atom. The summed E-state index contributed by atoms with van der Waals surface area (Å²) in [6, 6.07) is 7.25. The Kier molecular flexibility index (Phi) is 6.60. The third-order valence-electron chi connectivity index (χ3n) is 2.91. The van der Waals surface area contributed by atoms with Crippen molar-refractivity contribution in [2.24, 2.45) is 0 Å². The Hall–Kier alpha value is -1.67. The highest BCUT2D eigenvalue weighted by Crippen LogP contribution is 2.30. The van der Waals surface area contributed by atoms with E-state index in [-0.39, 0.29) is 12.5 Å². The van der Waals surface area contributed by atoms with Gasteiger partial charge in [0.2, 0.25) is 6.10 Å². The number of para-hydroxylation sites is 2. The first kappa shape index (κ1) is 16.7. The minimum absolute atomic E-state index is 0.165. The predicted molar refractivity (Wildman–Crippen MR) is 91.2 cm³/mol. The van der Waals surface area contributed by atoms with E-state index >= 15 is 0 Å². The van der Waals surface area contributed by atoms with Gasteiger partial charge in [-0.25, -0.2) is 0 Å². The van der Waals surface area contributed by atoms with Gasteiger partial charge in [0.25, 0.3) is 5.91 Å². The van der Waals surface area contributed by atoms with Crippen LogP contribution >= 0.6 is 24.0 Å². The number of nitrogens with one attached hydrogen (secondary N) is 3. The molecule has 1 amide bonds. The molecular formula is C14H19N3O3S2. The van der Waals surface area contributed by atoms with Crippen molar-refractivity contribution in [2.45, 2.75) is 12.5 Å². The molecule has 1 aliphatic heterocycles. The molecule has 0 aliphatic carbocycles. The largest absolute Gasteiger partial charge is 0.485 e. The molecule has 6 nitrogen and oxygen atoms in total. The van der Waals surface area contributed by atoms with Crippen molar-refractivity contribution in [3.63, 3.8) is 0 Å². The molecule has 1 aromatic carbocycles. The van der Waals surface area contributed by atoms with Gasteiger partial charge >= 0.3 is 0 Å². The third-order valence-corrected chi connectivity index (χ3v) is 3.85. The van der Waals surface area contributed by atoms with E-state index in [9.17, 15) is 4.79 Å². The maximum atomic E-state index is 12.0. The second-order valence-corrected chi connectivity index (χ2v) is 5.97. The van der Waals surface area contributed by atoms with Crippen LogP contribution in [0.2, 0.25) is 0 Å². The highest BCUT2D eigenvalue weighted by Gasteiger charge is 2.27. The molecule has 0 unspecified atom stereocenters. The molecule has 1 heterocycles. The highest BCUT2D eigenvalue weighted by molar-refractivity contribution is 7.98. The minimum atomic E-state index is -0.707. The number of fused-ring (bicyclic) bond motifs is 1. The summed E-state index contributed by atoms with van der Waals surface area (Å²) >= 11 is 6.85. The molecule has 0 radical (unpaired) electrons. The monoisotopic (exact) mass is 341 g/mol. The van der Waals surface area contributed by atoms with E-state index < -0.39 is 6.10 Å².